The van der Waals surface area contributed by atoms with Crippen LogP contribution in [0.4, 0.5) is 5.69 Å². The highest BCUT2D eigenvalue weighted by Crippen LogP contribution is 2.36. The predicted molar refractivity (Wildman–Crippen MR) is 85.2 cm³/mol. The van der Waals surface area contributed by atoms with Crippen molar-refractivity contribution in [3.05, 3.63) is 22.2 Å². The topological polar surface area (TPSA) is 52.3 Å². The Morgan fingerprint density at radius 1 is 1.40 bits per heavy atom. The summed E-state index contributed by atoms with van der Waals surface area (Å²) in [5.41, 5.74) is 7.16. The number of nitrogen functional groups attached to an aromatic ring is 1. The van der Waals surface area contributed by atoms with E-state index in [1.807, 2.05) is 0 Å². The summed E-state index contributed by atoms with van der Waals surface area (Å²) in [6, 6.07) is 3.59. The molecule has 0 amide bonds. The first-order valence-electron chi connectivity index (χ1n) is 7.29. The first-order chi connectivity index (χ1) is 9.52. The molecule has 2 unspecified atom stereocenters. The molecule has 0 bridgehead atoms. The molecule has 20 heavy (non-hydrogen) atoms. The van der Waals surface area contributed by atoms with Crippen LogP contribution in [0.5, 0.6) is 5.75 Å². The molecule has 0 aliphatic heterocycles. The second kappa shape index (κ2) is 6.61. The van der Waals surface area contributed by atoms with E-state index < -0.39 is 0 Å². The van der Waals surface area contributed by atoms with E-state index in [4.69, 9.17) is 10.5 Å². The van der Waals surface area contributed by atoms with Crippen molar-refractivity contribution < 1.29 is 9.53 Å². The average molecular weight is 340 g/mol. The molecule has 1 aliphatic carbocycles. The zero-order valence-electron chi connectivity index (χ0n) is 12.1. The fourth-order valence-electron chi connectivity index (χ4n) is 2.95. The van der Waals surface area contributed by atoms with E-state index in [0.717, 1.165) is 17.3 Å². The van der Waals surface area contributed by atoms with Crippen molar-refractivity contribution in [1.29, 1.82) is 0 Å². The average Bonchev–Trinajstić information content (AvgIpc) is 2.41. The lowest BCUT2D eigenvalue weighted by atomic mass is 9.84. The maximum absolute atomic E-state index is 11.8. The standard InChI is InChI=1S/C16H22BrNO2/c1-3-11-6-4-5-7-15(11)20-16-13(10(2)19)8-12(17)9-14(16)18/h8-9,11,15H,3-7,18H2,1-2H3. The summed E-state index contributed by atoms with van der Waals surface area (Å²) >= 11 is 3.38. The minimum atomic E-state index is -0.0168. The molecule has 1 aromatic rings. The van der Waals surface area contributed by atoms with Gasteiger partial charge in [-0.2, -0.15) is 0 Å². The highest BCUT2D eigenvalue weighted by atomic mass is 79.9. The van der Waals surface area contributed by atoms with Crippen molar-refractivity contribution >= 4 is 27.4 Å². The first kappa shape index (κ1) is 15.4. The van der Waals surface area contributed by atoms with Crippen LogP contribution >= 0.6 is 15.9 Å². The number of carbonyl (C=O) groups is 1. The lowest BCUT2D eigenvalue weighted by Crippen LogP contribution is -2.30. The lowest BCUT2D eigenvalue weighted by molar-refractivity contribution is 0.0872. The molecule has 110 valence electrons. The molecule has 0 heterocycles. The second-order valence-corrected chi connectivity index (χ2v) is 6.45. The molecule has 1 aromatic carbocycles. The molecule has 0 spiro atoms. The van der Waals surface area contributed by atoms with Crippen molar-refractivity contribution in [3.8, 4) is 5.75 Å². The Morgan fingerprint density at radius 2 is 2.10 bits per heavy atom. The van der Waals surface area contributed by atoms with E-state index in [1.54, 1.807) is 19.1 Å². The molecule has 2 rings (SSSR count). The van der Waals surface area contributed by atoms with Gasteiger partial charge in [-0.3, -0.25) is 4.79 Å². The van der Waals surface area contributed by atoms with Gasteiger partial charge in [0.1, 0.15) is 6.10 Å². The van der Waals surface area contributed by atoms with Crippen LogP contribution in [0.3, 0.4) is 0 Å². The van der Waals surface area contributed by atoms with Crippen molar-refractivity contribution in [1.82, 2.24) is 0 Å². The van der Waals surface area contributed by atoms with Crippen molar-refractivity contribution in [2.75, 3.05) is 5.73 Å². The van der Waals surface area contributed by atoms with Crippen LogP contribution in [0.25, 0.3) is 0 Å². The zero-order chi connectivity index (χ0) is 14.7. The quantitative estimate of drug-likeness (QED) is 0.645. The first-order valence-corrected chi connectivity index (χ1v) is 8.08. The number of hydrogen-bond acceptors (Lipinski definition) is 3. The molecule has 4 heteroatoms. The van der Waals surface area contributed by atoms with Gasteiger partial charge in [0, 0.05) is 4.47 Å². The lowest BCUT2D eigenvalue weighted by Gasteiger charge is -2.32. The Balaban J connectivity index is 2.30. The van der Waals surface area contributed by atoms with Gasteiger partial charge in [0.2, 0.25) is 0 Å². The minimum absolute atomic E-state index is 0.0168. The van der Waals surface area contributed by atoms with Gasteiger partial charge in [-0.05, 0) is 50.7 Å². The number of anilines is 1. The predicted octanol–water partition coefficient (Wildman–Crippen LogP) is 4.58. The Morgan fingerprint density at radius 3 is 2.75 bits per heavy atom. The van der Waals surface area contributed by atoms with E-state index in [-0.39, 0.29) is 11.9 Å². The third-order valence-electron chi connectivity index (χ3n) is 4.09. The third kappa shape index (κ3) is 3.35. The number of rotatable bonds is 4. The number of Topliss-reactive ketones (excluding diaryl/α,β-unsaturated/α-hetero) is 1. The molecular weight excluding hydrogens is 318 g/mol. The summed E-state index contributed by atoms with van der Waals surface area (Å²) in [7, 11) is 0. The molecule has 2 atom stereocenters. The van der Waals surface area contributed by atoms with Crippen molar-refractivity contribution in [2.45, 2.75) is 52.1 Å². The van der Waals surface area contributed by atoms with E-state index in [9.17, 15) is 4.79 Å². The van der Waals surface area contributed by atoms with Gasteiger partial charge < -0.3 is 10.5 Å². The van der Waals surface area contributed by atoms with E-state index in [0.29, 0.717) is 22.9 Å². The van der Waals surface area contributed by atoms with Crippen molar-refractivity contribution in [2.24, 2.45) is 5.92 Å². The number of benzene rings is 1. The van der Waals surface area contributed by atoms with Crippen LogP contribution < -0.4 is 10.5 Å². The number of halogens is 1. The molecule has 1 aliphatic rings. The van der Waals surface area contributed by atoms with Crippen LogP contribution in [-0.2, 0) is 0 Å². The normalized spacial score (nSPS) is 22.6. The highest BCUT2D eigenvalue weighted by Gasteiger charge is 2.27. The molecular formula is C16H22BrNO2. The van der Waals surface area contributed by atoms with Gasteiger partial charge in [0.05, 0.1) is 11.3 Å². The van der Waals surface area contributed by atoms with Crippen LogP contribution in [-0.4, -0.2) is 11.9 Å². The van der Waals surface area contributed by atoms with Gasteiger partial charge in [-0.15, -0.1) is 0 Å². The number of ketones is 1. The maximum atomic E-state index is 11.8. The number of ether oxygens (including phenoxy) is 1. The number of carbonyl (C=O) groups excluding carboxylic acids is 1. The number of nitrogens with two attached hydrogens (primary N) is 1. The minimum Gasteiger partial charge on any atom is -0.487 e. The zero-order valence-corrected chi connectivity index (χ0v) is 13.7. The summed E-state index contributed by atoms with van der Waals surface area (Å²) in [6.07, 6.45) is 5.99. The number of hydrogen-bond donors (Lipinski definition) is 1. The van der Waals surface area contributed by atoms with Crippen molar-refractivity contribution in [3.63, 3.8) is 0 Å². The summed E-state index contributed by atoms with van der Waals surface area (Å²) in [4.78, 5) is 11.8. The highest BCUT2D eigenvalue weighted by molar-refractivity contribution is 9.10. The van der Waals surface area contributed by atoms with Gasteiger partial charge in [0.25, 0.3) is 0 Å². The molecule has 0 saturated heterocycles. The Hall–Kier alpha value is -1.03. The SMILES string of the molecule is CCC1CCCCC1Oc1c(N)cc(Br)cc1C(C)=O. The smallest absolute Gasteiger partial charge is 0.163 e. The molecule has 1 saturated carbocycles. The largest absolute Gasteiger partial charge is 0.487 e. The van der Waals surface area contributed by atoms with E-state index in [1.165, 1.54) is 19.3 Å². The van der Waals surface area contributed by atoms with E-state index in [2.05, 4.69) is 22.9 Å². The second-order valence-electron chi connectivity index (χ2n) is 5.54. The maximum Gasteiger partial charge on any atom is 0.163 e. The Labute approximate surface area is 129 Å². The monoisotopic (exact) mass is 339 g/mol. The van der Waals surface area contributed by atoms with Crippen LogP contribution in [0.15, 0.2) is 16.6 Å². The molecule has 0 aromatic heterocycles. The van der Waals surface area contributed by atoms with Crippen LogP contribution in [0.1, 0.15) is 56.3 Å². The van der Waals surface area contributed by atoms with Crippen LogP contribution in [0.2, 0.25) is 0 Å². The fraction of sp³-hybridized carbons (Fsp3) is 0.562. The summed E-state index contributed by atoms with van der Waals surface area (Å²) in [5, 5.41) is 0. The molecule has 1 fully saturated rings. The molecule has 3 nitrogen and oxygen atoms in total. The van der Waals surface area contributed by atoms with Gasteiger partial charge in [0.15, 0.2) is 11.5 Å². The van der Waals surface area contributed by atoms with Gasteiger partial charge >= 0.3 is 0 Å². The third-order valence-corrected chi connectivity index (χ3v) is 4.55. The van der Waals surface area contributed by atoms with Gasteiger partial charge in [-0.25, -0.2) is 0 Å². The van der Waals surface area contributed by atoms with E-state index >= 15 is 0 Å². The Kier molecular flexibility index (Phi) is 5.08. The Bertz CT molecular complexity index is 501. The fourth-order valence-corrected chi connectivity index (χ4v) is 3.43. The summed E-state index contributed by atoms with van der Waals surface area (Å²) < 4.78 is 6.98. The summed E-state index contributed by atoms with van der Waals surface area (Å²) in [5.74, 6) is 1.11. The van der Waals surface area contributed by atoms with Gasteiger partial charge in [-0.1, -0.05) is 29.3 Å². The molecule has 2 N–H and O–H groups in total. The van der Waals surface area contributed by atoms with Crippen LogP contribution in [0, 0.1) is 5.92 Å². The molecule has 0 radical (unpaired) electrons. The summed E-state index contributed by atoms with van der Waals surface area (Å²) in [6.45, 7) is 3.75.